The zero-order valence-corrected chi connectivity index (χ0v) is 14.1. The number of hydrazone groups is 1. The molecule has 0 saturated heterocycles. The van der Waals surface area contributed by atoms with E-state index in [1.807, 2.05) is 38.1 Å². The molecule has 2 aromatic carbocycles. The summed E-state index contributed by atoms with van der Waals surface area (Å²) in [6.45, 7) is 5.56. The number of ether oxygens (including phenoxy) is 1. The van der Waals surface area contributed by atoms with Crippen LogP contribution < -0.4 is 10.2 Å². The fourth-order valence-corrected chi connectivity index (χ4v) is 2.13. The lowest BCUT2D eigenvalue weighted by atomic mass is 10.2. The third-order valence-electron chi connectivity index (χ3n) is 3.28. The fraction of sp³-hybridized carbons (Fsp3) is 0.222. The Kier molecular flexibility index (Phi) is 5.77. The van der Waals surface area contributed by atoms with E-state index in [0.29, 0.717) is 10.8 Å². The van der Waals surface area contributed by atoms with Crippen molar-refractivity contribution < 1.29 is 9.53 Å². The van der Waals surface area contributed by atoms with Crippen molar-refractivity contribution in [1.82, 2.24) is 5.43 Å². The molecule has 0 aliphatic rings. The Morgan fingerprint density at radius 1 is 1.22 bits per heavy atom. The molecular weight excluding hydrogens is 312 g/mol. The number of carbonyl (C=O) groups is 1. The predicted octanol–water partition coefficient (Wildman–Crippen LogP) is 3.87. The van der Waals surface area contributed by atoms with Crippen LogP contribution in [0.4, 0.5) is 0 Å². The van der Waals surface area contributed by atoms with Crippen molar-refractivity contribution in [3.05, 3.63) is 64.2 Å². The van der Waals surface area contributed by atoms with Crippen LogP contribution in [0, 0.1) is 13.8 Å². The molecule has 4 nitrogen and oxygen atoms in total. The molecule has 0 fully saturated rings. The van der Waals surface area contributed by atoms with Gasteiger partial charge >= 0.3 is 0 Å². The largest absolute Gasteiger partial charge is 0.481 e. The SMILES string of the molecule is Cc1ccc(/C=N\NC(=O)[C@@H](C)Oc2ccc(Cl)cc2C)cc1. The number of rotatable bonds is 5. The van der Waals surface area contributed by atoms with Crippen molar-refractivity contribution >= 4 is 23.7 Å². The van der Waals surface area contributed by atoms with Gasteiger partial charge < -0.3 is 4.74 Å². The summed E-state index contributed by atoms with van der Waals surface area (Å²) >= 11 is 5.90. The number of nitrogens with zero attached hydrogens (tertiary/aromatic N) is 1. The molecule has 0 heterocycles. The van der Waals surface area contributed by atoms with E-state index in [-0.39, 0.29) is 5.91 Å². The summed E-state index contributed by atoms with van der Waals surface area (Å²) in [5, 5.41) is 4.58. The van der Waals surface area contributed by atoms with Crippen molar-refractivity contribution in [2.75, 3.05) is 0 Å². The quantitative estimate of drug-likeness (QED) is 0.668. The molecule has 120 valence electrons. The minimum atomic E-state index is -0.662. The molecule has 0 radical (unpaired) electrons. The second kappa shape index (κ2) is 7.79. The smallest absolute Gasteiger partial charge is 0.280 e. The molecule has 0 saturated carbocycles. The zero-order valence-electron chi connectivity index (χ0n) is 13.3. The minimum Gasteiger partial charge on any atom is -0.481 e. The van der Waals surface area contributed by atoms with Gasteiger partial charge in [0.2, 0.25) is 0 Å². The van der Waals surface area contributed by atoms with Crippen molar-refractivity contribution in [1.29, 1.82) is 0 Å². The standard InChI is InChI=1S/C18H19ClN2O2/c1-12-4-6-15(7-5-12)11-20-21-18(22)14(3)23-17-9-8-16(19)10-13(17)2/h4-11,14H,1-3H3,(H,21,22)/b20-11-/t14-/m1/s1. The average molecular weight is 331 g/mol. The molecule has 1 amide bonds. The van der Waals surface area contributed by atoms with Crippen LogP contribution in [-0.4, -0.2) is 18.2 Å². The molecule has 0 spiro atoms. The van der Waals surface area contributed by atoms with Gasteiger partial charge in [0.25, 0.3) is 5.91 Å². The second-order valence-electron chi connectivity index (χ2n) is 5.31. The summed E-state index contributed by atoms with van der Waals surface area (Å²) < 4.78 is 5.64. The average Bonchev–Trinajstić information content (AvgIpc) is 2.51. The molecule has 2 aromatic rings. The molecule has 2 rings (SSSR count). The van der Waals surface area contributed by atoms with E-state index in [1.54, 1.807) is 31.3 Å². The fourth-order valence-electron chi connectivity index (χ4n) is 1.90. The molecule has 0 aromatic heterocycles. The number of carbonyl (C=O) groups excluding carboxylic acids is 1. The third-order valence-corrected chi connectivity index (χ3v) is 3.51. The maximum absolute atomic E-state index is 12.0. The summed E-state index contributed by atoms with van der Waals surface area (Å²) in [6, 6.07) is 13.1. The summed E-state index contributed by atoms with van der Waals surface area (Å²) in [4.78, 5) is 12.0. The van der Waals surface area contributed by atoms with Gasteiger partial charge in [0, 0.05) is 5.02 Å². The maximum atomic E-state index is 12.0. The van der Waals surface area contributed by atoms with Crippen LogP contribution in [0.2, 0.25) is 5.02 Å². The van der Waals surface area contributed by atoms with Gasteiger partial charge in [-0.05, 0) is 50.1 Å². The topological polar surface area (TPSA) is 50.7 Å². The van der Waals surface area contributed by atoms with Crippen LogP contribution in [0.15, 0.2) is 47.6 Å². The van der Waals surface area contributed by atoms with Gasteiger partial charge in [-0.15, -0.1) is 0 Å². The molecule has 0 unspecified atom stereocenters. The highest BCUT2D eigenvalue weighted by molar-refractivity contribution is 6.30. The third kappa shape index (κ3) is 5.11. The van der Waals surface area contributed by atoms with Crippen LogP contribution in [0.25, 0.3) is 0 Å². The number of nitrogens with one attached hydrogen (secondary N) is 1. The highest BCUT2D eigenvalue weighted by Crippen LogP contribution is 2.22. The van der Waals surface area contributed by atoms with Crippen LogP contribution >= 0.6 is 11.6 Å². The first-order valence-electron chi connectivity index (χ1n) is 7.28. The number of hydrogen-bond donors (Lipinski definition) is 1. The van der Waals surface area contributed by atoms with Crippen LogP contribution in [0.1, 0.15) is 23.6 Å². The maximum Gasteiger partial charge on any atom is 0.280 e. The lowest BCUT2D eigenvalue weighted by Crippen LogP contribution is -2.33. The van der Waals surface area contributed by atoms with Gasteiger partial charge in [0.15, 0.2) is 6.10 Å². The Morgan fingerprint density at radius 2 is 1.91 bits per heavy atom. The summed E-state index contributed by atoms with van der Waals surface area (Å²) in [6.07, 6.45) is 0.933. The van der Waals surface area contributed by atoms with E-state index in [9.17, 15) is 4.79 Å². The molecule has 23 heavy (non-hydrogen) atoms. The second-order valence-corrected chi connectivity index (χ2v) is 5.75. The number of benzene rings is 2. The summed E-state index contributed by atoms with van der Waals surface area (Å²) in [5.41, 5.74) is 5.44. The summed E-state index contributed by atoms with van der Waals surface area (Å²) in [5.74, 6) is 0.308. The Labute approximate surface area is 141 Å². The number of amides is 1. The zero-order chi connectivity index (χ0) is 16.8. The van der Waals surface area contributed by atoms with E-state index in [0.717, 1.165) is 11.1 Å². The Hall–Kier alpha value is -2.33. The van der Waals surface area contributed by atoms with Gasteiger partial charge in [-0.25, -0.2) is 5.43 Å². The number of aryl methyl sites for hydroxylation is 2. The van der Waals surface area contributed by atoms with Crippen molar-refractivity contribution in [3.8, 4) is 5.75 Å². The van der Waals surface area contributed by atoms with Crippen molar-refractivity contribution in [3.63, 3.8) is 0 Å². The minimum absolute atomic E-state index is 0.317. The van der Waals surface area contributed by atoms with Crippen LogP contribution in [0.5, 0.6) is 5.75 Å². The van der Waals surface area contributed by atoms with Gasteiger partial charge in [-0.1, -0.05) is 41.4 Å². The van der Waals surface area contributed by atoms with E-state index >= 15 is 0 Å². The molecule has 5 heteroatoms. The molecule has 0 aliphatic heterocycles. The van der Waals surface area contributed by atoms with E-state index in [1.165, 1.54) is 5.56 Å². The Bertz CT molecular complexity index is 711. The van der Waals surface area contributed by atoms with E-state index in [4.69, 9.17) is 16.3 Å². The molecule has 1 atom stereocenters. The predicted molar refractivity (Wildman–Crippen MR) is 93.2 cm³/mol. The normalized spacial score (nSPS) is 12.2. The highest BCUT2D eigenvalue weighted by atomic mass is 35.5. The lowest BCUT2D eigenvalue weighted by molar-refractivity contribution is -0.127. The monoisotopic (exact) mass is 330 g/mol. The molecular formula is C18H19ClN2O2. The molecule has 0 aliphatic carbocycles. The molecule has 0 bridgehead atoms. The van der Waals surface area contributed by atoms with Gasteiger partial charge in [0.05, 0.1) is 6.21 Å². The highest BCUT2D eigenvalue weighted by Gasteiger charge is 2.15. The van der Waals surface area contributed by atoms with Crippen molar-refractivity contribution in [2.45, 2.75) is 26.9 Å². The molecule has 1 N–H and O–H groups in total. The van der Waals surface area contributed by atoms with Crippen LogP contribution in [0.3, 0.4) is 0 Å². The first-order valence-corrected chi connectivity index (χ1v) is 7.66. The van der Waals surface area contributed by atoms with Gasteiger partial charge in [-0.3, -0.25) is 4.79 Å². The number of hydrogen-bond acceptors (Lipinski definition) is 3. The number of halogens is 1. The Morgan fingerprint density at radius 3 is 2.57 bits per heavy atom. The van der Waals surface area contributed by atoms with Gasteiger partial charge in [0.1, 0.15) is 5.75 Å². The first kappa shape index (κ1) is 17.0. The summed E-state index contributed by atoms with van der Waals surface area (Å²) in [7, 11) is 0. The van der Waals surface area contributed by atoms with E-state index in [2.05, 4.69) is 10.5 Å². The lowest BCUT2D eigenvalue weighted by Gasteiger charge is -2.14. The first-order chi connectivity index (χ1) is 11.0. The van der Waals surface area contributed by atoms with Crippen molar-refractivity contribution in [2.24, 2.45) is 5.10 Å². The Balaban J connectivity index is 1.90. The van der Waals surface area contributed by atoms with Gasteiger partial charge in [-0.2, -0.15) is 5.10 Å². The van der Waals surface area contributed by atoms with Crippen LogP contribution in [-0.2, 0) is 4.79 Å². The van der Waals surface area contributed by atoms with E-state index < -0.39 is 6.10 Å².